The number of nitrogens with two attached hydrogens (primary N) is 1. The van der Waals surface area contributed by atoms with Crippen LogP contribution in [0.3, 0.4) is 0 Å². The highest BCUT2D eigenvalue weighted by Crippen LogP contribution is 2.32. The first-order valence-corrected chi connectivity index (χ1v) is 13.0. The summed E-state index contributed by atoms with van der Waals surface area (Å²) in [5, 5.41) is 3.00. The molecule has 1 aromatic carbocycles. The molecule has 1 aliphatic carbocycles. The Bertz CT molecular complexity index is 1230. The van der Waals surface area contributed by atoms with Gasteiger partial charge in [0, 0.05) is 37.3 Å². The summed E-state index contributed by atoms with van der Waals surface area (Å²) < 4.78 is 35.6. The van der Waals surface area contributed by atoms with Crippen LogP contribution in [-0.2, 0) is 10.2 Å². The molecule has 2 fully saturated rings. The van der Waals surface area contributed by atoms with E-state index in [0.717, 1.165) is 38.3 Å². The van der Waals surface area contributed by atoms with E-state index in [-0.39, 0.29) is 17.7 Å². The Balaban J connectivity index is 1.23. The van der Waals surface area contributed by atoms with Gasteiger partial charge in [-0.05, 0) is 55.9 Å². The fraction of sp³-hybridized carbons (Fsp3) is 0.435. The smallest absolute Gasteiger partial charge is 0.344 e. The van der Waals surface area contributed by atoms with Gasteiger partial charge < -0.3 is 20.7 Å². The first-order valence-electron chi connectivity index (χ1n) is 11.5. The van der Waals surface area contributed by atoms with Crippen LogP contribution >= 0.6 is 0 Å². The average Bonchev–Trinajstić information content (AvgIpc) is 3.65. The summed E-state index contributed by atoms with van der Waals surface area (Å²) in [6, 6.07) is 8.69. The number of carbonyl (C=O) groups is 1. The summed E-state index contributed by atoms with van der Waals surface area (Å²) in [6.45, 7) is 2.78. The SMILES string of the molecule is NC1=NS(=O)(=O)Nc2cccc(OC[C@H]3CCCN(c4cc(C(=O)NCC5CC5)ccn4)C3)c21. The molecule has 4 N–H and O–H groups in total. The predicted octanol–water partition coefficient (Wildman–Crippen LogP) is 1.89. The van der Waals surface area contributed by atoms with Gasteiger partial charge in [0.1, 0.15) is 11.6 Å². The molecule has 1 amide bonds. The molecule has 0 unspecified atom stereocenters. The summed E-state index contributed by atoms with van der Waals surface area (Å²) in [7, 11) is -3.83. The second kappa shape index (κ2) is 9.13. The van der Waals surface area contributed by atoms with Crippen LogP contribution < -0.4 is 25.4 Å². The maximum Gasteiger partial charge on any atom is 0.344 e. The van der Waals surface area contributed by atoms with Gasteiger partial charge in [-0.2, -0.15) is 8.42 Å². The van der Waals surface area contributed by atoms with E-state index in [2.05, 4.69) is 24.3 Å². The van der Waals surface area contributed by atoms with Crippen molar-refractivity contribution in [2.45, 2.75) is 25.7 Å². The first kappa shape index (κ1) is 22.5. The van der Waals surface area contributed by atoms with Gasteiger partial charge in [-0.3, -0.25) is 9.52 Å². The number of nitrogens with zero attached hydrogens (tertiary/aromatic N) is 3. The minimum atomic E-state index is -3.83. The number of nitrogens with one attached hydrogen (secondary N) is 2. The Hall–Kier alpha value is -3.34. The van der Waals surface area contributed by atoms with Crippen LogP contribution in [-0.4, -0.2) is 51.4 Å². The third kappa shape index (κ3) is 5.09. The number of rotatable bonds is 7. The van der Waals surface area contributed by atoms with Gasteiger partial charge in [0.15, 0.2) is 5.84 Å². The number of carbonyl (C=O) groups excluding carboxylic acids is 1. The Morgan fingerprint density at radius 3 is 2.91 bits per heavy atom. The second-order valence-electron chi connectivity index (χ2n) is 9.05. The highest BCUT2D eigenvalue weighted by Gasteiger charge is 2.27. The largest absolute Gasteiger partial charge is 0.492 e. The zero-order valence-electron chi connectivity index (χ0n) is 18.7. The molecule has 1 atom stereocenters. The van der Waals surface area contributed by atoms with Crippen LogP contribution in [0.15, 0.2) is 40.9 Å². The Morgan fingerprint density at radius 2 is 2.09 bits per heavy atom. The van der Waals surface area contributed by atoms with Gasteiger partial charge in [-0.25, -0.2) is 4.98 Å². The molecule has 34 heavy (non-hydrogen) atoms. The van der Waals surface area contributed by atoms with Crippen LogP contribution in [0.1, 0.15) is 41.6 Å². The zero-order chi connectivity index (χ0) is 23.7. The minimum Gasteiger partial charge on any atom is -0.492 e. The molecule has 0 bridgehead atoms. The highest BCUT2D eigenvalue weighted by molar-refractivity contribution is 7.91. The molecule has 3 aliphatic rings. The molecule has 2 aliphatic heterocycles. The van der Waals surface area contributed by atoms with Crippen molar-refractivity contribution in [1.82, 2.24) is 10.3 Å². The van der Waals surface area contributed by atoms with Crippen LogP contribution in [0.25, 0.3) is 0 Å². The highest BCUT2D eigenvalue weighted by atomic mass is 32.2. The molecule has 3 heterocycles. The number of hydrogen-bond donors (Lipinski definition) is 3. The van der Waals surface area contributed by atoms with Crippen molar-refractivity contribution in [2.75, 3.05) is 35.9 Å². The van der Waals surface area contributed by atoms with Crippen molar-refractivity contribution in [1.29, 1.82) is 0 Å². The summed E-state index contributed by atoms with van der Waals surface area (Å²) in [4.78, 5) is 19.2. The van der Waals surface area contributed by atoms with E-state index in [0.29, 0.717) is 35.1 Å². The fourth-order valence-electron chi connectivity index (χ4n) is 4.35. The number of aromatic nitrogens is 1. The zero-order valence-corrected chi connectivity index (χ0v) is 19.6. The topological polar surface area (TPSA) is 139 Å². The van der Waals surface area contributed by atoms with Gasteiger partial charge in [0.25, 0.3) is 5.91 Å². The van der Waals surface area contributed by atoms with Gasteiger partial charge in [-0.1, -0.05) is 6.07 Å². The van der Waals surface area contributed by atoms with E-state index in [1.807, 2.05) is 6.07 Å². The van der Waals surface area contributed by atoms with Crippen molar-refractivity contribution in [2.24, 2.45) is 22.0 Å². The molecular weight excluding hydrogens is 456 g/mol. The van der Waals surface area contributed by atoms with Crippen molar-refractivity contribution in [3.05, 3.63) is 47.7 Å². The number of anilines is 2. The summed E-state index contributed by atoms with van der Waals surface area (Å²) in [5.41, 5.74) is 7.35. The Morgan fingerprint density at radius 1 is 1.24 bits per heavy atom. The van der Waals surface area contributed by atoms with Crippen molar-refractivity contribution < 1.29 is 17.9 Å². The average molecular weight is 485 g/mol. The van der Waals surface area contributed by atoms with E-state index in [1.54, 1.807) is 30.5 Å². The van der Waals surface area contributed by atoms with E-state index in [1.165, 1.54) is 12.8 Å². The van der Waals surface area contributed by atoms with Gasteiger partial charge >= 0.3 is 10.2 Å². The fourth-order valence-corrected chi connectivity index (χ4v) is 5.19. The monoisotopic (exact) mass is 484 g/mol. The molecule has 180 valence electrons. The van der Waals surface area contributed by atoms with Crippen LogP contribution in [0, 0.1) is 11.8 Å². The molecular formula is C23H28N6O4S. The lowest BCUT2D eigenvalue weighted by Gasteiger charge is -2.33. The third-order valence-electron chi connectivity index (χ3n) is 6.31. The van der Waals surface area contributed by atoms with Crippen LogP contribution in [0.5, 0.6) is 5.75 Å². The molecule has 1 saturated carbocycles. The number of amides is 1. The van der Waals surface area contributed by atoms with Crippen molar-refractivity contribution >= 4 is 33.5 Å². The normalized spacial score (nSPS) is 21.1. The van der Waals surface area contributed by atoms with Gasteiger partial charge in [0.2, 0.25) is 0 Å². The molecule has 0 spiro atoms. The number of pyridine rings is 1. The lowest BCUT2D eigenvalue weighted by Crippen LogP contribution is -2.38. The number of benzene rings is 1. The number of hydrogen-bond acceptors (Lipinski definition) is 7. The lowest BCUT2D eigenvalue weighted by atomic mass is 9.98. The summed E-state index contributed by atoms with van der Waals surface area (Å²) in [5.74, 6) is 1.99. The molecule has 0 radical (unpaired) electrons. The number of amidine groups is 1. The predicted molar refractivity (Wildman–Crippen MR) is 129 cm³/mol. The van der Waals surface area contributed by atoms with Gasteiger partial charge in [0.05, 0.1) is 17.9 Å². The number of piperidine rings is 1. The standard InChI is InChI=1S/C23H28N6O4S/c24-22-21-18(27-34(31,32)28-22)4-1-5-19(21)33-14-16-3-2-10-29(13-16)20-11-17(8-9-25-20)23(30)26-12-15-6-7-15/h1,4-5,8-9,11,15-16,27H,2-3,6-7,10,12-14H2,(H2,24,28)(H,26,30)/t16-/m0/s1. The second-order valence-corrected chi connectivity index (χ2v) is 10.4. The van der Waals surface area contributed by atoms with Crippen molar-refractivity contribution in [3.8, 4) is 5.75 Å². The molecule has 5 rings (SSSR count). The van der Waals surface area contributed by atoms with E-state index < -0.39 is 10.2 Å². The maximum absolute atomic E-state index is 12.5. The van der Waals surface area contributed by atoms with Gasteiger partial charge in [-0.15, -0.1) is 4.40 Å². The van der Waals surface area contributed by atoms with E-state index >= 15 is 0 Å². The first-order chi connectivity index (χ1) is 16.4. The lowest BCUT2D eigenvalue weighted by molar-refractivity contribution is 0.0951. The molecule has 1 aromatic heterocycles. The third-order valence-corrected chi connectivity index (χ3v) is 7.23. The van der Waals surface area contributed by atoms with Crippen LogP contribution in [0.2, 0.25) is 0 Å². The molecule has 11 heteroatoms. The quantitative estimate of drug-likeness (QED) is 0.545. The summed E-state index contributed by atoms with van der Waals surface area (Å²) >= 11 is 0. The molecule has 2 aromatic rings. The number of fused-ring (bicyclic) bond motifs is 1. The molecule has 1 saturated heterocycles. The molecule has 10 nitrogen and oxygen atoms in total. The summed E-state index contributed by atoms with van der Waals surface area (Å²) in [6.07, 6.45) is 6.04. The Labute approximate surface area is 198 Å². The minimum absolute atomic E-state index is 0.0591. The van der Waals surface area contributed by atoms with E-state index in [4.69, 9.17) is 10.5 Å². The van der Waals surface area contributed by atoms with E-state index in [9.17, 15) is 13.2 Å². The maximum atomic E-state index is 12.5. The van der Waals surface area contributed by atoms with Crippen molar-refractivity contribution in [3.63, 3.8) is 0 Å². The van der Waals surface area contributed by atoms with Crippen LogP contribution in [0.4, 0.5) is 11.5 Å². The Kier molecular flexibility index (Phi) is 6.03. The number of ether oxygens (including phenoxy) is 1.